The van der Waals surface area contributed by atoms with Crippen LogP contribution in [0, 0.1) is 11.8 Å². The van der Waals surface area contributed by atoms with Gasteiger partial charge in [0, 0.05) is 5.92 Å². The van der Waals surface area contributed by atoms with E-state index in [1.165, 1.54) is 5.56 Å². The van der Waals surface area contributed by atoms with Gasteiger partial charge < -0.3 is 21.3 Å². The van der Waals surface area contributed by atoms with Gasteiger partial charge in [0.25, 0.3) is 0 Å². The van der Waals surface area contributed by atoms with E-state index in [-0.39, 0.29) is 17.9 Å². The molecular weight excluding hydrogens is 436 g/mol. The third-order valence-electron chi connectivity index (χ3n) is 7.27. The lowest BCUT2D eigenvalue weighted by Gasteiger charge is -2.29. The largest absolute Gasteiger partial charge is 0.380 e. The molecule has 1 aromatic heterocycles. The molecule has 6 nitrogen and oxygen atoms in total. The van der Waals surface area contributed by atoms with Crippen molar-refractivity contribution in [3.05, 3.63) is 83.9 Å². The molecule has 1 heterocycles. The van der Waals surface area contributed by atoms with Crippen LogP contribution in [0.3, 0.4) is 0 Å². The van der Waals surface area contributed by atoms with Gasteiger partial charge in [0.2, 0.25) is 5.91 Å². The number of nitrogens with one attached hydrogen (secondary N) is 1. The van der Waals surface area contributed by atoms with Gasteiger partial charge in [-0.05, 0) is 85.0 Å². The molecule has 1 atom stereocenters. The van der Waals surface area contributed by atoms with E-state index in [0.29, 0.717) is 23.9 Å². The highest BCUT2D eigenvalue weighted by Gasteiger charge is 2.27. The lowest BCUT2D eigenvalue weighted by molar-refractivity contribution is -0.127. The summed E-state index contributed by atoms with van der Waals surface area (Å²) in [4.78, 5) is 13.3. The molecule has 0 unspecified atom stereocenters. The van der Waals surface area contributed by atoms with Crippen molar-refractivity contribution in [2.24, 2.45) is 17.6 Å². The minimum absolute atomic E-state index is 0.0542. The second-order valence-electron chi connectivity index (χ2n) is 9.61. The molecule has 1 amide bonds. The van der Waals surface area contributed by atoms with Crippen molar-refractivity contribution < 1.29 is 9.32 Å². The number of nitrogens with zero attached hydrogens (tertiary/aromatic N) is 1. The monoisotopic (exact) mass is 468 g/mol. The predicted molar refractivity (Wildman–Crippen MR) is 139 cm³/mol. The van der Waals surface area contributed by atoms with Crippen molar-refractivity contribution in [1.82, 2.24) is 10.5 Å². The van der Waals surface area contributed by atoms with Gasteiger partial charge in [0.15, 0.2) is 11.4 Å². The number of hydrogen-bond acceptors (Lipinski definition) is 5. The number of fused-ring (bicyclic) bond motifs is 1. The number of anilines is 1. The first-order chi connectivity index (χ1) is 17.1. The summed E-state index contributed by atoms with van der Waals surface area (Å²) < 4.78 is 5.36. The predicted octanol–water partition coefficient (Wildman–Crippen LogP) is 5.24. The zero-order chi connectivity index (χ0) is 24.2. The van der Waals surface area contributed by atoms with Gasteiger partial charge in [-0.2, -0.15) is 0 Å². The van der Waals surface area contributed by atoms with Gasteiger partial charge in [0.05, 0.1) is 11.4 Å². The number of aromatic nitrogens is 1. The fourth-order valence-electron chi connectivity index (χ4n) is 5.12. The first-order valence-electron chi connectivity index (χ1n) is 12.4. The van der Waals surface area contributed by atoms with Crippen LogP contribution in [0.1, 0.15) is 42.9 Å². The van der Waals surface area contributed by atoms with E-state index in [1.54, 1.807) is 0 Å². The maximum atomic E-state index is 13.3. The van der Waals surface area contributed by atoms with Crippen LogP contribution in [0.4, 0.5) is 5.82 Å². The third-order valence-corrected chi connectivity index (χ3v) is 7.27. The average molecular weight is 469 g/mol. The van der Waals surface area contributed by atoms with Crippen LogP contribution < -0.4 is 16.8 Å². The Bertz CT molecular complexity index is 1290. The molecule has 35 heavy (non-hydrogen) atoms. The molecule has 0 bridgehead atoms. The molecule has 0 spiro atoms. The normalized spacial score (nSPS) is 18.9. The van der Waals surface area contributed by atoms with Crippen molar-refractivity contribution in [3.8, 4) is 11.1 Å². The Labute approximate surface area is 205 Å². The van der Waals surface area contributed by atoms with Crippen molar-refractivity contribution >= 4 is 22.7 Å². The average Bonchev–Trinajstić information content (AvgIpc) is 3.29. The van der Waals surface area contributed by atoms with Gasteiger partial charge in [-0.25, -0.2) is 0 Å². The molecule has 180 valence electrons. The summed E-state index contributed by atoms with van der Waals surface area (Å²) in [6, 6.07) is 24.5. The quantitative estimate of drug-likeness (QED) is 0.344. The molecule has 1 fully saturated rings. The summed E-state index contributed by atoms with van der Waals surface area (Å²) in [5, 5.41) is 8.05. The van der Waals surface area contributed by atoms with E-state index in [9.17, 15) is 4.79 Å². The molecule has 0 saturated heterocycles. The molecule has 0 radical (unpaired) electrons. The van der Waals surface area contributed by atoms with Crippen molar-refractivity contribution in [1.29, 1.82) is 0 Å². The van der Waals surface area contributed by atoms with E-state index in [0.717, 1.165) is 54.2 Å². The molecule has 1 aliphatic carbocycles. The second-order valence-corrected chi connectivity index (χ2v) is 9.61. The van der Waals surface area contributed by atoms with E-state index in [2.05, 4.69) is 40.8 Å². The first-order valence-corrected chi connectivity index (χ1v) is 12.4. The zero-order valence-electron chi connectivity index (χ0n) is 19.8. The third kappa shape index (κ3) is 5.23. The van der Waals surface area contributed by atoms with E-state index in [1.807, 2.05) is 42.5 Å². The minimum Gasteiger partial charge on any atom is -0.380 e. The number of rotatable bonds is 7. The van der Waals surface area contributed by atoms with Crippen molar-refractivity contribution in [2.45, 2.75) is 38.1 Å². The Hall–Kier alpha value is -3.64. The topological polar surface area (TPSA) is 107 Å². The van der Waals surface area contributed by atoms with Crippen LogP contribution in [0.2, 0.25) is 0 Å². The van der Waals surface area contributed by atoms with E-state index >= 15 is 0 Å². The number of nitrogens with two attached hydrogens (primary N) is 2. The number of nitrogen functional groups attached to an aromatic ring is 1. The Morgan fingerprint density at radius 3 is 2.51 bits per heavy atom. The summed E-state index contributed by atoms with van der Waals surface area (Å²) in [5.74, 6) is 1.14. The Kier molecular flexibility index (Phi) is 6.82. The molecule has 0 aliphatic heterocycles. The van der Waals surface area contributed by atoms with E-state index in [4.69, 9.17) is 16.0 Å². The second kappa shape index (κ2) is 10.3. The van der Waals surface area contributed by atoms with Crippen LogP contribution in [0.25, 0.3) is 22.1 Å². The van der Waals surface area contributed by atoms with Gasteiger partial charge in [0.1, 0.15) is 0 Å². The fraction of sp³-hybridized carbons (Fsp3) is 0.310. The van der Waals surface area contributed by atoms with Gasteiger partial charge in [-0.15, -0.1) is 0 Å². The van der Waals surface area contributed by atoms with E-state index < -0.39 is 0 Å². The van der Waals surface area contributed by atoms with Gasteiger partial charge >= 0.3 is 0 Å². The Morgan fingerprint density at radius 2 is 1.74 bits per heavy atom. The standard InChI is InChI=1S/C29H32N4O2/c30-18-20-9-11-21(12-10-20)29(34)32-26(15-19-5-2-1-3-6-19)24-8-4-7-22(16-24)23-13-14-25-27(17-23)35-33-28(25)31/h1-8,13-14,16-17,20-21,26H,9-12,15,18,30H2,(H2,31,33)(H,32,34)/t20?,21?,26-/m0/s1. The summed E-state index contributed by atoms with van der Waals surface area (Å²) in [5.41, 5.74) is 16.7. The summed E-state index contributed by atoms with van der Waals surface area (Å²) in [6.45, 7) is 0.713. The summed E-state index contributed by atoms with van der Waals surface area (Å²) in [7, 11) is 0. The summed E-state index contributed by atoms with van der Waals surface area (Å²) >= 11 is 0. The molecular formula is C29H32N4O2. The molecule has 6 heteroatoms. The van der Waals surface area contributed by atoms with Crippen LogP contribution in [-0.4, -0.2) is 17.6 Å². The molecule has 1 aliphatic rings. The first kappa shape index (κ1) is 23.1. The SMILES string of the molecule is NCC1CCC(C(=O)N[C@@H](Cc2ccccc2)c2cccc(-c3ccc4c(N)noc4c3)c2)CC1. The zero-order valence-corrected chi connectivity index (χ0v) is 19.8. The minimum atomic E-state index is -0.123. The Balaban J connectivity index is 1.41. The smallest absolute Gasteiger partial charge is 0.223 e. The highest BCUT2D eigenvalue weighted by atomic mass is 16.5. The number of amides is 1. The number of benzene rings is 3. The molecule has 5 N–H and O–H groups in total. The van der Waals surface area contributed by atoms with Gasteiger partial charge in [-0.1, -0.05) is 59.8 Å². The van der Waals surface area contributed by atoms with Crippen LogP contribution in [0.15, 0.2) is 77.3 Å². The van der Waals surface area contributed by atoms with Crippen LogP contribution >= 0.6 is 0 Å². The maximum absolute atomic E-state index is 13.3. The van der Waals surface area contributed by atoms with Crippen LogP contribution in [0.5, 0.6) is 0 Å². The number of carbonyl (C=O) groups excluding carboxylic acids is 1. The number of carbonyl (C=O) groups is 1. The maximum Gasteiger partial charge on any atom is 0.223 e. The molecule has 3 aromatic carbocycles. The lowest BCUT2D eigenvalue weighted by atomic mass is 9.81. The highest BCUT2D eigenvalue weighted by Crippen LogP contribution is 2.31. The number of hydrogen-bond donors (Lipinski definition) is 3. The Morgan fingerprint density at radius 1 is 0.971 bits per heavy atom. The van der Waals surface area contributed by atoms with Crippen molar-refractivity contribution in [3.63, 3.8) is 0 Å². The summed E-state index contributed by atoms with van der Waals surface area (Å²) in [6.07, 6.45) is 4.61. The lowest BCUT2D eigenvalue weighted by Crippen LogP contribution is -2.37. The molecule has 1 saturated carbocycles. The fourth-order valence-corrected chi connectivity index (χ4v) is 5.12. The molecule has 5 rings (SSSR count). The van der Waals surface area contributed by atoms with Crippen LogP contribution in [-0.2, 0) is 11.2 Å². The molecule has 4 aromatic rings. The van der Waals surface area contributed by atoms with Crippen molar-refractivity contribution in [2.75, 3.05) is 12.3 Å². The van der Waals surface area contributed by atoms with Gasteiger partial charge in [-0.3, -0.25) is 4.79 Å². The highest BCUT2D eigenvalue weighted by molar-refractivity contribution is 5.90.